The standard InChI is InChI=1S/C9H15ClO/c1-8(2)6-9(7-10)4-3-5-11-9/h1,3-7H2,2H3. The summed E-state index contributed by atoms with van der Waals surface area (Å²) in [6.45, 7) is 6.76. The van der Waals surface area contributed by atoms with Crippen molar-refractivity contribution in [2.24, 2.45) is 0 Å². The van der Waals surface area contributed by atoms with Crippen LogP contribution in [0.5, 0.6) is 0 Å². The van der Waals surface area contributed by atoms with Crippen molar-refractivity contribution in [3.05, 3.63) is 12.2 Å². The number of hydrogen-bond acceptors (Lipinski definition) is 1. The Hall–Kier alpha value is -0.0100. The number of rotatable bonds is 3. The van der Waals surface area contributed by atoms with Gasteiger partial charge in [-0.25, -0.2) is 0 Å². The van der Waals surface area contributed by atoms with E-state index in [4.69, 9.17) is 16.3 Å². The Kier molecular flexibility index (Phi) is 2.97. The SMILES string of the molecule is C=C(C)CC1(CCl)CCCO1. The second-order valence-electron chi connectivity index (χ2n) is 3.40. The molecule has 0 spiro atoms. The summed E-state index contributed by atoms with van der Waals surface area (Å²) in [4.78, 5) is 0. The van der Waals surface area contributed by atoms with Crippen LogP contribution in [0.25, 0.3) is 0 Å². The van der Waals surface area contributed by atoms with Crippen LogP contribution in [0.15, 0.2) is 12.2 Å². The average Bonchev–Trinajstić information content (AvgIpc) is 2.36. The van der Waals surface area contributed by atoms with E-state index >= 15 is 0 Å². The lowest BCUT2D eigenvalue weighted by atomic mass is 9.95. The van der Waals surface area contributed by atoms with Crippen molar-refractivity contribution in [3.63, 3.8) is 0 Å². The maximum absolute atomic E-state index is 5.84. The van der Waals surface area contributed by atoms with E-state index in [1.54, 1.807) is 0 Å². The molecule has 1 rings (SSSR count). The van der Waals surface area contributed by atoms with Gasteiger partial charge < -0.3 is 4.74 Å². The second-order valence-corrected chi connectivity index (χ2v) is 3.67. The number of halogens is 1. The summed E-state index contributed by atoms with van der Waals surface area (Å²) >= 11 is 5.84. The summed E-state index contributed by atoms with van der Waals surface area (Å²) in [6, 6.07) is 0. The van der Waals surface area contributed by atoms with Crippen molar-refractivity contribution in [1.82, 2.24) is 0 Å². The molecular weight excluding hydrogens is 160 g/mol. The zero-order valence-corrected chi connectivity index (χ0v) is 7.78. The van der Waals surface area contributed by atoms with Crippen LogP contribution in [0.3, 0.4) is 0 Å². The maximum Gasteiger partial charge on any atom is 0.0854 e. The van der Waals surface area contributed by atoms with Gasteiger partial charge in [0.25, 0.3) is 0 Å². The Balaban J connectivity index is 2.52. The maximum atomic E-state index is 5.84. The summed E-state index contributed by atoms with van der Waals surface area (Å²) in [5.41, 5.74) is 1.08. The zero-order chi connectivity index (χ0) is 8.32. The number of alkyl halides is 1. The molecular formula is C9H15ClO. The molecule has 1 heterocycles. The Morgan fingerprint density at radius 3 is 2.82 bits per heavy atom. The molecule has 64 valence electrons. The first-order chi connectivity index (χ1) is 5.18. The molecule has 2 heteroatoms. The lowest BCUT2D eigenvalue weighted by molar-refractivity contribution is 0.0239. The molecule has 0 aromatic rings. The smallest absolute Gasteiger partial charge is 0.0854 e. The van der Waals surface area contributed by atoms with E-state index in [-0.39, 0.29) is 5.60 Å². The van der Waals surface area contributed by atoms with E-state index in [2.05, 4.69) is 6.58 Å². The van der Waals surface area contributed by atoms with Crippen molar-refractivity contribution in [3.8, 4) is 0 Å². The van der Waals surface area contributed by atoms with Gasteiger partial charge in [0.2, 0.25) is 0 Å². The predicted octanol–water partition coefficient (Wildman–Crippen LogP) is 2.74. The summed E-state index contributed by atoms with van der Waals surface area (Å²) < 4.78 is 5.61. The van der Waals surface area contributed by atoms with Gasteiger partial charge in [0.05, 0.1) is 11.5 Å². The largest absolute Gasteiger partial charge is 0.373 e. The van der Waals surface area contributed by atoms with Crippen molar-refractivity contribution in [1.29, 1.82) is 0 Å². The van der Waals surface area contributed by atoms with Gasteiger partial charge in [0.15, 0.2) is 0 Å². The van der Waals surface area contributed by atoms with Gasteiger partial charge in [-0.15, -0.1) is 18.2 Å². The van der Waals surface area contributed by atoms with Crippen molar-refractivity contribution >= 4 is 11.6 Å². The molecule has 1 nitrogen and oxygen atoms in total. The fourth-order valence-corrected chi connectivity index (χ4v) is 1.90. The first-order valence-electron chi connectivity index (χ1n) is 4.03. The van der Waals surface area contributed by atoms with Gasteiger partial charge in [-0.1, -0.05) is 5.57 Å². The second kappa shape index (κ2) is 3.59. The highest BCUT2D eigenvalue weighted by molar-refractivity contribution is 6.18. The Bertz CT molecular complexity index is 148. The van der Waals surface area contributed by atoms with Gasteiger partial charge in [-0.05, 0) is 26.2 Å². The van der Waals surface area contributed by atoms with Crippen LogP contribution in [0.1, 0.15) is 26.2 Å². The highest BCUT2D eigenvalue weighted by atomic mass is 35.5. The van der Waals surface area contributed by atoms with Crippen LogP contribution in [0.4, 0.5) is 0 Å². The van der Waals surface area contributed by atoms with E-state index in [9.17, 15) is 0 Å². The zero-order valence-electron chi connectivity index (χ0n) is 7.03. The fourth-order valence-electron chi connectivity index (χ4n) is 1.60. The van der Waals surface area contributed by atoms with Crippen molar-refractivity contribution < 1.29 is 4.74 Å². The minimum absolute atomic E-state index is 0.0760. The lowest BCUT2D eigenvalue weighted by Gasteiger charge is -2.25. The minimum atomic E-state index is -0.0760. The fraction of sp³-hybridized carbons (Fsp3) is 0.778. The molecule has 1 unspecified atom stereocenters. The molecule has 0 bridgehead atoms. The molecule has 11 heavy (non-hydrogen) atoms. The van der Waals surface area contributed by atoms with Crippen LogP contribution >= 0.6 is 11.6 Å². The van der Waals surface area contributed by atoms with Gasteiger partial charge in [-0.3, -0.25) is 0 Å². The normalized spacial score (nSPS) is 30.7. The molecule has 0 amide bonds. The van der Waals surface area contributed by atoms with Crippen LogP contribution < -0.4 is 0 Å². The highest BCUT2D eigenvalue weighted by Gasteiger charge is 2.33. The summed E-state index contributed by atoms with van der Waals surface area (Å²) in [6.07, 6.45) is 3.14. The van der Waals surface area contributed by atoms with Crippen LogP contribution in [-0.4, -0.2) is 18.1 Å². The van der Waals surface area contributed by atoms with Crippen LogP contribution in [0.2, 0.25) is 0 Å². The molecule has 0 N–H and O–H groups in total. The molecule has 0 radical (unpaired) electrons. The third-order valence-electron chi connectivity index (χ3n) is 2.05. The van der Waals surface area contributed by atoms with Crippen LogP contribution in [-0.2, 0) is 4.74 Å². The average molecular weight is 175 g/mol. The van der Waals surface area contributed by atoms with E-state index < -0.39 is 0 Å². The minimum Gasteiger partial charge on any atom is -0.373 e. The van der Waals surface area contributed by atoms with E-state index in [1.165, 1.54) is 0 Å². The van der Waals surface area contributed by atoms with Crippen molar-refractivity contribution in [2.75, 3.05) is 12.5 Å². The van der Waals surface area contributed by atoms with Gasteiger partial charge >= 0.3 is 0 Å². The molecule has 1 saturated heterocycles. The van der Waals surface area contributed by atoms with Crippen LogP contribution in [0, 0.1) is 0 Å². The molecule has 1 fully saturated rings. The number of hydrogen-bond donors (Lipinski definition) is 0. The van der Waals surface area contributed by atoms with Gasteiger partial charge in [-0.2, -0.15) is 0 Å². The summed E-state index contributed by atoms with van der Waals surface area (Å²) in [5.74, 6) is 0.597. The molecule has 0 aromatic carbocycles. The van der Waals surface area contributed by atoms with E-state index in [0.717, 1.165) is 31.4 Å². The predicted molar refractivity (Wildman–Crippen MR) is 48.1 cm³/mol. The first kappa shape index (κ1) is 9.08. The monoisotopic (exact) mass is 174 g/mol. The van der Waals surface area contributed by atoms with Gasteiger partial charge in [0, 0.05) is 6.61 Å². The topological polar surface area (TPSA) is 9.23 Å². The number of ether oxygens (including phenoxy) is 1. The Labute approximate surface area is 73.4 Å². The van der Waals surface area contributed by atoms with Crippen molar-refractivity contribution in [2.45, 2.75) is 31.8 Å². The van der Waals surface area contributed by atoms with E-state index in [0.29, 0.717) is 5.88 Å². The molecule has 1 aliphatic rings. The Morgan fingerprint density at radius 2 is 2.45 bits per heavy atom. The molecule has 1 atom stereocenters. The Morgan fingerprint density at radius 1 is 1.73 bits per heavy atom. The summed E-state index contributed by atoms with van der Waals surface area (Å²) in [7, 11) is 0. The first-order valence-corrected chi connectivity index (χ1v) is 4.56. The highest BCUT2D eigenvalue weighted by Crippen LogP contribution is 2.32. The molecule has 1 aliphatic heterocycles. The van der Waals surface area contributed by atoms with Gasteiger partial charge in [0.1, 0.15) is 0 Å². The lowest BCUT2D eigenvalue weighted by Crippen LogP contribution is -2.29. The molecule has 0 aromatic heterocycles. The quantitative estimate of drug-likeness (QED) is 0.472. The van der Waals surface area contributed by atoms with E-state index in [1.807, 2.05) is 6.92 Å². The summed E-state index contributed by atoms with van der Waals surface area (Å²) in [5, 5.41) is 0. The third kappa shape index (κ3) is 2.21. The third-order valence-corrected chi connectivity index (χ3v) is 2.54. The molecule has 0 aliphatic carbocycles. The molecule has 0 saturated carbocycles.